The van der Waals surface area contributed by atoms with Gasteiger partial charge in [0.15, 0.2) is 0 Å². The fourth-order valence-electron chi connectivity index (χ4n) is 0.877. The van der Waals surface area contributed by atoms with Gasteiger partial charge in [0.2, 0.25) is 0 Å². The van der Waals surface area contributed by atoms with Crippen LogP contribution in [0.3, 0.4) is 0 Å². The molecule has 11 heavy (non-hydrogen) atoms. The van der Waals surface area contributed by atoms with Gasteiger partial charge in [-0.1, -0.05) is 0 Å². The van der Waals surface area contributed by atoms with Crippen LogP contribution in [0.2, 0.25) is 0 Å². The first-order valence-electron chi connectivity index (χ1n) is 3.04. The predicted octanol–water partition coefficient (Wildman–Crippen LogP) is 0.973. The summed E-state index contributed by atoms with van der Waals surface area (Å²) in [4.78, 5) is 20.6. The van der Waals surface area contributed by atoms with Gasteiger partial charge in [0.05, 0.1) is 0 Å². The van der Waals surface area contributed by atoms with Crippen molar-refractivity contribution < 1.29 is 24.6 Å². The van der Waals surface area contributed by atoms with Gasteiger partial charge in [-0.25, -0.2) is 0 Å². The summed E-state index contributed by atoms with van der Waals surface area (Å²) in [6, 6.07) is 0. The molecule has 0 atom stereocenters. The van der Waals surface area contributed by atoms with Crippen LogP contribution in [0.5, 0.6) is 0 Å². The van der Waals surface area contributed by atoms with E-state index >= 15 is 0 Å². The number of hydrogen-bond acceptors (Lipinski definition) is 2. The maximum atomic E-state index is 10.3. The number of carbonyl (C=O) groups excluding carboxylic acids is 2. The van der Waals surface area contributed by atoms with Gasteiger partial charge in [0.1, 0.15) is 0 Å². The minimum atomic E-state index is -2.01. The zero-order valence-corrected chi connectivity index (χ0v) is 7.65. The van der Waals surface area contributed by atoms with Gasteiger partial charge in [-0.15, -0.1) is 0 Å². The number of rotatable bonds is 1. The second-order valence-corrected chi connectivity index (χ2v) is 4.94. The molecule has 0 aromatic rings. The van der Waals surface area contributed by atoms with Crippen LogP contribution >= 0.6 is 0 Å². The summed E-state index contributed by atoms with van der Waals surface area (Å²) in [7, 11) is 0. The zero-order valence-electron chi connectivity index (χ0n) is 6.01. The van der Waals surface area contributed by atoms with Gasteiger partial charge in [0.25, 0.3) is 0 Å². The Labute approximate surface area is 69.2 Å². The predicted molar refractivity (Wildman–Crippen MR) is 37.8 cm³/mol. The van der Waals surface area contributed by atoms with Crippen LogP contribution in [-0.4, -0.2) is 8.95 Å². The Morgan fingerprint density at radius 2 is 2.09 bits per heavy atom. The van der Waals surface area contributed by atoms with Crippen molar-refractivity contribution in [3.63, 3.8) is 0 Å². The molecule has 0 aromatic carbocycles. The van der Waals surface area contributed by atoms with Gasteiger partial charge >= 0.3 is 68.8 Å². The first kappa shape index (κ1) is 8.36. The SMILES string of the molecule is CC1=[C]([Rh](=[C]=O)=[C]=O)CC=C1. The summed E-state index contributed by atoms with van der Waals surface area (Å²) in [6.45, 7) is 1.91. The van der Waals surface area contributed by atoms with Crippen molar-refractivity contribution in [2.45, 2.75) is 13.3 Å². The second-order valence-electron chi connectivity index (χ2n) is 2.05. The Morgan fingerprint density at radius 3 is 2.45 bits per heavy atom. The molecule has 0 fully saturated rings. The van der Waals surface area contributed by atoms with Gasteiger partial charge < -0.3 is 0 Å². The van der Waals surface area contributed by atoms with Crippen LogP contribution in [0, 0.1) is 0 Å². The molecule has 0 N–H and O–H groups in total. The van der Waals surface area contributed by atoms with Crippen molar-refractivity contribution in [2.24, 2.45) is 0 Å². The van der Waals surface area contributed by atoms with Crippen LogP contribution in [0.1, 0.15) is 13.3 Å². The van der Waals surface area contributed by atoms with Crippen LogP contribution in [0.4, 0.5) is 0 Å². The quantitative estimate of drug-likeness (QED) is 0.638. The summed E-state index contributed by atoms with van der Waals surface area (Å²) in [6.07, 6.45) is 4.63. The molecule has 0 aromatic heterocycles. The fraction of sp³-hybridized carbons (Fsp3) is 0.250. The number of hydrogen-bond donors (Lipinski definition) is 0. The van der Waals surface area contributed by atoms with Gasteiger partial charge in [-0.05, 0) is 0 Å². The summed E-state index contributed by atoms with van der Waals surface area (Å²) < 4.78 is 4.52. The molecule has 1 aliphatic carbocycles. The molecule has 0 heterocycles. The van der Waals surface area contributed by atoms with Crippen molar-refractivity contribution in [3.05, 3.63) is 21.9 Å². The van der Waals surface area contributed by atoms with Crippen molar-refractivity contribution in [1.29, 1.82) is 0 Å². The maximum absolute atomic E-state index is 10.3. The molecule has 0 spiro atoms. The van der Waals surface area contributed by atoms with E-state index in [-0.39, 0.29) is 0 Å². The third-order valence-corrected chi connectivity index (χ3v) is 4.04. The van der Waals surface area contributed by atoms with Crippen molar-refractivity contribution >= 4 is 8.95 Å². The van der Waals surface area contributed by atoms with E-state index in [2.05, 4.69) is 0 Å². The summed E-state index contributed by atoms with van der Waals surface area (Å²) in [5.74, 6) is 0. The summed E-state index contributed by atoms with van der Waals surface area (Å²) in [5.41, 5.74) is 1.05. The van der Waals surface area contributed by atoms with E-state index in [4.69, 9.17) is 0 Å². The molecule has 60 valence electrons. The van der Waals surface area contributed by atoms with Crippen LogP contribution in [-0.2, 0) is 24.6 Å². The van der Waals surface area contributed by atoms with E-state index in [0.717, 1.165) is 16.2 Å². The molecule has 0 unspecified atom stereocenters. The molecular formula is C8H7O2Rh. The molecule has 0 aliphatic heterocycles. The molecule has 3 heteroatoms. The van der Waals surface area contributed by atoms with Crippen molar-refractivity contribution in [2.75, 3.05) is 0 Å². The Kier molecular flexibility index (Phi) is 2.73. The van der Waals surface area contributed by atoms with Gasteiger partial charge in [0, 0.05) is 0 Å². The first-order valence-corrected chi connectivity index (χ1v) is 5.50. The fourth-order valence-corrected chi connectivity index (χ4v) is 2.66. The minimum absolute atomic E-state index is 0.739. The molecule has 1 aliphatic rings. The molecule has 0 amide bonds. The molecule has 0 saturated carbocycles. The van der Waals surface area contributed by atoms with E-state index in [1.807, 2.05) is 19.1 Å². The van der Waals surface area contributed by atoms with Gasteiger partial charge in [-0.3, -0.25) is 0 Å². The van der Waals surface area contributed by atoms with E-state index < -0.39 is 15.0 Å². The average molecular weight is 238 g/mol. The first-order chi connectivity index (χ1) is 5.29. The normalized spacial score (nSPS) is 16.3. The van der Waals surface area contributed by atoms with Crippen LogP contribution in [0.15, 0.2) is 21.9 Å². The second kappa shape index (κ2) is 3.60. The molecular weight excluding hydrogens is 231 g/mol. The molecule has 1 rings (SSSR count). The third-order valence-electron chi connectivity index (χ3n) is 1.40. The molecule has 0 radical (unpaired) electrons. The Morgan fingerprint density at radius 1 is 1.45 bits per heavy atom. The number of allylic oxidation sites excluding steroid dienone is 4. The van der Waals surface area contributed by atoms with Crippen LogP contribution < -0.4 is 0 Å². The zero-order chi connectivity index (χ0) is 8.27. The standard InChI is InChI=1S/C6H7.2CO.Rh/c1-6-4-2-3-5-6;2*1-2;/h2,4H,3H2,1H3;;;. The van der Waals surface area contributed by atoms with Crippen molar-refractivity contribution in [1.82, 2.24) is 0 Å². The summed E-state index contributed by atoms with van der Waals surface area (Å²) in [5, 5.41) is 0. The Hall–Kier alpha value is -0.737. The van der Waals surface area contributed by atoms with E-state index in [0.29, 0.717) is 0 Å². The van der Waals surface area contributed by atoms with Crippen molar-refractivity contribution in [3.8, 4) is 0 Å². The molecule has 0 saturated heterocycles. The van der Waals surface area contributed by atoms with Gasteiger partial charge in [-0.2, -0.15) is 0 Å². The topological polar surface area (TPSA) is 34.1 Å². The Balaban J connectivity index is 3.25. The Bertz CT molecular complexity index is 342. The average Bonchev–Trinajstić information content (AvgIpc) is 2.40. The monoisotopic (exact) mass is 238 g/mol. The molecule has 2 nitrogen and oxygen atoms in total. The third kappa shape index (κ3) is 1.64. The summed E-state index contributed by atoms with van der Waals surface area (Å²) >= 11 is -2.01. The van der Waals surface area contributed by atoms with E-state index in [9.17, 15) is 9.59 Å². The van der Waals surface area contributed by atoms with E-state index in [1.165, 1.54) is 0 Å². The van der Waals surface area contributed by atoms with E-state index in [1.54, 1.807) is 8.95 Å². The molecule has 0 bridgehead atoms. The van der Waals surface area contributed by atoms with Crippen LogP contribution in [0.25, 0.3) is 0 Å².